The van der Waals surface area contributed by atoms with Crippen LogP contribution in [0.2, 0.25) is 0 Å². The van der Waals surface area contributed by atoms with Crippen molar-refractivity contribution in [3.8, 4) is 5.75 Å². The van der Waals surface area contributed by atoms with E-state index >= 15 is 0 Å². The molecule has 0 aliphatic carbocycles. The molecule has 1 saturated heterocycles. The van der Waals surface area contributed by atoms with Crippen LogP contribution in [0.4, 0.5) is 0 Å². The molecule has 0 bridgehead atoms. The summed E-state index contributed by atoms with van der Waals surface area (Å²) < 4.78 is 16.2. The molecule has 1 amide bonds. The zero-order valence-corrected chi connectivity index (χ0v) is 18.8. The average Bonchev–Trinajstić information content (AvgIpc) is 3.47. The summed E-state index contributed by atoms with van der Waals surface area (Å²) in [6.07, 6.45) is 2.54. The minimum absolute atomic E-state index is 0.115. The molecular weight excluding hydrogens is 423 g/mol. The molecule has 2 aromatic rings. The quantitative estimate of drug-likeness (QED) is 0.436. The number of hydrogen-bond acceptors (Lipinski definition) is 7. The van der Waals surface area contributed by atoms with Gasteiger partial charge in [0.15, 0.2) is 0 Å². The number of ether oxygens (including phenoxy) is 2. The minimum atomic E-state index is -1.03. The molecular formula is C24H29BN2O6. The van der Waals surface area contributed by atoms with Crippen LogP contribution in [0.15, 0.2) is 36.4 Å². The van der Waals surface area contributed by atoms with Crippen LogP contribution in [-0.2, 0) is 27.4 Å². The first kappa shape index (κ1) is 23.3. The first-order chi connectivity index (χ1) is 16.0. The molecule has 2 aliphatic heterocycles. The highest BCUT2D eigenvalue weighted by Gasteiger charge is 2.31. The van der Waals surface area contributed by atoms with Crippen LogP contribution >= 0.6 is 0 Å². The van der Waals surface area contributed by atoms with Gasteiger partial charge in [0, 0.05) is 12.1 Å². The van der Waals surface area contributed by atoms with Gasteiger partial charge in [0.1, 0.15) is 25.5 Å². The molecule has 4 rings (SSSR count). The van der Waals surface area contributed by atoms with Crippen molar-refractivity contribution >= 4 is 24.5 Å². The van der Waals surface area contributed by atoms with Crippen LogP contribution in [0, 0.1) is 6.92 Å². The number of likely N-dealkylation sites (tertiary alicyclic amines) is 1. The van der Waals surface area contributed by atoms with E-state index in [9.17, 15) is 14.6 Å². The van der Waals surface area contributed by atoms with Gasteiger partial charge in [-0.1, -0.05) is 18.2 Å². The Bertz CT molecular complexity index is 991. The van der Waals surface area contributed by atoms with E-state index in [0.717, 1.165) is 36.5 Å². The van der Waals surface area contributed by atoms with E-state index < -0.39 is 19.0 Å². The van der Waals surface area contributed by atoms with E-state index in [4.69, 9.17) is 14.1 Å². The van der Waals surface area contributed by atoms with Crippen LogP contribution in [-0.4, -0.2) is 61.7 Å². The Kier molecular flexibility index (Phi) is 7.64. The van der Waals surface area contributed by atoms with E-state index in [-0.39, 0.29) is 13.2 Å². The first-order valence-corrected chi connectivity index (χ1v) is 11.3. The zero-order valence-electron chi connectivity index (χ0n) is 18.8. The molecule has 2 aromatic carbocycles. The number of carbonyl (C=O) groups excluding carboxylic acids is 2. The summed E-state index contributed by atoms with van der Waals surface area (Å²) in [7, 11) is -1.03. The lowest BCUT2D eigenvalue weighted by molar-refractivity contribution is -0.143. The van der Waals surface area contributed by atoms with Gasteiger partial charge in [-0.05, 0) is 73.2 Å². The third kappa shape index (κ3) is 5.93. The summed E-state index contributed by atoms with van der Waals surface area (Å²) in [6.45, 7) is 5.84. The van der Waals surface area contributed by atoms with Gasteiger partial charge in [-0.3, -0.25) is 14.5 Å². The molecule has 9 heteroatoms. The lowest BCUT2D eigenvalue weighted by atomic mass is 9.75. The average molecular weight is 452 g/mol. The predicted octanol–water partition coefficient (Wildman–Crippen LogP) is 1.16. The fourth-order valence-corrected chi connectivity index (χ4v) is 4.20. The van der Waals surface area contributed by atoms with Gasteiger partial charge in [0.2, 0.25) is 0 Å². The van der Waals surface area contributed by atoms with Crippen LogP contribution in [0.5, 0.6) is 5.75 Å². The van der Waals surface area contributed by atoms with Crippen molar-refractivity contribution in [3.63, 3.8) is 0 Å². The molecule has 2 N–H and O–H groups in total. The molecule has 33 heavy (non-hydrogen) atoms. The molecule has 2 aliphatic rings. The number of nitrogens with one attached hydrogen (secondary N) is 1. The Morgan fingerprint density at radius 3 is 2.67 bits per heavy atom. The summed E-state index contributed by atoms with van der Waals surface area (Å²) in [5.41, 5.74) is 3.36. The molecule has 0 radical (unpaired) electrons. The maximum Gasteiger partial charge on any atom is 0.492 e. The fraction of sp³-hybridized carbons (Fsp3) is 0.417. The maximum absolute atomic E-state index is 12.5. The molecule has 174 valence electrons. The van der Waals surface area contributed by atoms with E-state index in [0.29, 0.717) is 29.8 Å². The van der Waals surface area contributed by atoms with Crippen molar-refractivity contribution in [1.29, 1.82) is 0 Å². The molecule has 0 unspecified atom stereocenters. The highest BCUT2D eigenvalue weighted by atomic mass is 16.5. The molecule has 0 aromatic heterocycles. The van der Waals surface area contributed by atoms with Crippen LogP contribution < -0.4 is 15.5 Å². The van der Waals surface area contributed by atoms with Gasteiger partial charge >= 0.3 is 13.1 Å². The van der Waals surface area contributed by atoms with Gasteiger partial charge < -0.3 is 24.5 Å². The molecule has 0 spiro atoms. The second kappa shape index (κ2) is 10.8. The number of rotatable bonds is 9. The Balaban J connectivity index is 1.19. The second-order valence-electron chi connectivity index (χ2n) is 8.36. The van der Waals surface area contributed by atoms with Crippen LogP contribution in [0.1, 0.15) is 39.9 Å². The first-order valence-electron chi connectivity index (χ1n) is 11.3. The van der Waals surface area contributed by atoms with Crippen LogP contribution in [0.3, 0.4) is 0 Å². The minimum Gasteiger partial charge on any atom is -0.492 e. The lowest BCUT2D eigenvalue weighted by Crippen LogP contribution is -2.35. The Morgan fingerprint density at radius 1 is 1.15 bits per heavy atom. The topological polar surface area (TPSA) is 97.3 Å². The third-order valence-corrected chi connectivity index (χ3v) is 6.08. The fourth-order valence-electron chi connectivity index (χ4n) is 4.20. The summed E-state index contributed by atoms with van der Waals surface area (Å²) >= 11 is 0. The molecule has 1 fully saturated rings. The Labute approximate surface area is 194 Å². The van der Waals surface area contributed by atoms with E-state index in [1.165, 1.54) is 12.8 Å². The summed E-state index contributed by atoms with van der Waals surface area (Å²) in [5.74, 6) is -0.143. The van der Waals surface area contributed by atoms with Crippen molar-refractivity contribution in [2.75, 3.05) is 32.8 Å². The third-order valence-electron chi connectivity index (χ3n) is 6.08. The number of hydrogen-bond donors (Lipinski definition) is 2. The molecule has 2 heterocycles. The standard InChI is InChI=1S/C24H29BN2O6/c1-17-21(9-6-19-16-33-25(30)23(17)19)24(29)26-14-22(28)32-15-18-4-7-20(8-5-18)31-13-12-27-10-2-3-11-27/h4-9,30H,2-3,10-16H2,1H3,(H,26,29). The number of nitrogens with zero attached hydrogens (tertiary/aromatic N) is 1. The summed E-state index contributed by atoms with van der Waals surface area (Å²) in [5, 5.41) is 12.5. The number of esters is 1. The second-order valence-corrected chi connectivity index (χ2v) is 8.36. The van der Waals surface area contributed by atoms with Gasteiger partial charge in [0.25, 0.3) is 5.91 Å². The maximum atomic E-state index is 12.5. The molecule has 0 saturated carbocycles. The number of benzene rings is 2. The van der Waals surface area contributed by atoms with Crippen molar-refractivity contribution < 1.29 is 28.7 Å². The SMILES string of the molecule is Cc1c(C(=O)NCC(=O)OCc2ccc(OCCN3CCCC3)cc2)ccc2c1B(O)OC2. The Hall–Kier alpha value is -2.88. The highest BCUT2D eigenvalue weighted by molar-refractivity contribution is 6.62. The van der Waals surface area contributed by atoms with Crippen molar-refractivity contribution in [3.05, 3.63) is 58.7 Å². The summed E-state index contributed by atoms with van der Waals surface area (Å²) in [4.78, 5) is 27.0. The van der Waals surface area contributed by atoms with E-state index in [1.54, 1.807) is 19.1 Å². The number of amides is 1. The number of fused-ring (bicyclic) bond motifs is 1. The number of carbonyl (C=O) groups is 2. The zero-order chi connectivity index (χ0) is 23.2. The molecule has 0 atom stereocenters. The van der Waals surface area contributed by atoms with Gasteiger partial charge in [-0.15, -0.1) is 0 Å². The largest absolute Gasteiger partial charge is 0.492 e. The predicted molar refractivity (Wildman–Crippen MR) is 123 cm³/mol. The van der Waals surface area contributed by atoms with Crippen molar-refractivity contribution in [2.24, 2.45) is 0 Å². The lowest BCUT2D eigenvalue weighted by Gasteiger charge is -2.15. The smallest absolute Gasteiger partial charge is 0.492 e. The van der Waals surface area contributed by atoms with E-state index in [2.05, 4.69) is 10.2 Å². The molecule has 8 nitrogen and oxygen atoms in total. The van der Waals surface area contributed by atoms with Crippen LogP contribution in [0.25, 0.3) is 0 Å². The van der Waals surface area contributed by atoms with Gasteiger partial charge in [0.05, 0.1) is 6.61 Å². The summed E-state index contributed by atoms with van der Waals surface area (Å²) in [6, 6.07) is 10.9. The normalized spacial score (nSPS) is 15.4. The van der Waals surface area contributed by atoms with Crippen molar-refractivity contribution in [2.45, 2.75) is 33.0 Å². The highest BCUT2D eigenvalue weighted by Crippen LogP contribution is 2.16. The van der Waals surface area contributed by atoms with Gasteiger partial charge in [-0.2, -0.15) is 0 Å². The van der Waals surface area contributed by atoms with E-state index in [1.807, 2.05) is 24.3 Å². The van der Waals surface area contributed by atoms with Crippen molar-refractivity contribution in [1.82, 2.24) is 10.2 Å². The van der Waals surface area contributed by atoms with Gasteiger partial charge in [-0.25, -0.2) is 0 Å². The Morgan fingerprint density at radius 2 is 1.91 bits per heavy atom. The monoisotopic (exact) mass is 452 g/mol.